The van der Waals surface area contributed by atoms with E-state index >= 15 is 0 Å². The van der Waals surface area contributed by atoms with Gasteiger partial charge in [0, 0.05) is 30.6 Å². The van der Waals surface area contributed by atoms with Gasteiger partial charge in [-0.15, -0.1) is 0 Å². The fourth-order valence-electron chi connectivity index (χ4n) is 2.97. The van der Waals surface area contributed by atoms with E-state index in [1.165, 1.54) is 6.42 Å². The number of rotatable bonds is 2. The van der Waals surface area contributed by atoms with E-state index in [2.05, 4.69) is 12.1 Å². The van der Waals surface area contributed by atoms with Gasteiger partial charge in [0.15, 0.2) is 6.21 Å². The molecular weight excluding hydrogens is 274 g/mol. The van der Waals surface area contributed by atoms with Crippen LogP contribution in [-0.4, -0.2) is 30.7 Å². The summed E-state index contributed by atoms with van der Waals surface area (Å²) in [6, 6.07) is 10.3. The lowest BCUT2D eigenvalue weighted by molar-refractivity contribution is -0.458. The Balaban J connectivity index is 1.96. The van der Waals surface area contributed by atoms with E-state index in [4.69, 9.17) is 9.47 Å². The monoisotopic (exact) mass is 298 g/mol. The SMILES string of the molecule is C[N+](C)=C/C=C1\C=C(c2ccccc2)OC2(CCCCC2)O1. The molecule has 1 spiro atoms. The molecule has 0 radical (unpaired) electrons. The second kappa shape index (κ2) is 6.39. The third kappa shape index (κ3) is 3.41. The first-order chi connectivity index (χ1) is 10.7. The molecule has 0 saturated heterocycles. The molecule has 1 aliphatic carbocycles. The summed E-state index contributed by atoms with van der Waals surface area (Å²) in [7, 11) is 4.02. The first-order valence-electron chi connectivity index (χ1n) is 8.04. The second-order valence-electron chi connectivity index (χ2n) is 6.23. The highest BCUT2D eigenvalue weighted by molar-refractivity contribution is 5.71. The molecule has 1 heterocycles. The third-order valence-corrected chi connectivity index (χ3v) is 4.08. The number of ether oxygens (including phenoxy) is 2. The van der Waals surface area contributed by atoms with E-state index in [1.807, 2.05) is 55.2 Å². The van der Waals surface area contributed by atoms with E-state index in [-0.39, 0.29) is 0 Å². The largest absolute Gasteiger partial charge is 0.452 e. The van der Waals surface area contributed by atoms with Gasteiger partial charge in [0.05, 0.1) is 0 Å². The molecule has 3 rings (SSSR count). The molecule has 0 N–H and O–H groups in total. The average molecular weight is 298 g/mol. The van der Waals surface area contributed by atoms with Gasteiger partial charge in [-0.3, -0.25) is 0 Å². The molecule has 0 atom stereocenters. The minimum atomic E-state index is -0.482. The van der Waals surface area contributed by atoms with Crippen molar-refractivity contribution < 1.29 is 14.0 Å². The molecule has 0 amide bonds. The van der Waals surface area contributed by atoms with Crippen LogP contribution in [0.3, 0.4) is 0 Å². The minimum Gasteiger partial charge on any atom is -0.452 e. The van der Waals surface area contributed by atoms with Crippen molar-refractivity contribution in [3.8, 4) is 0 Å². The Morgan fingerprint density at radius 2 is 1.73 bits per heavy atom. The maximum absolute atomic E-state index is 6.31. The van der Waals surface area contributed by atoms with Gasteiger partial charge in [-0.05, 0) is 12.8 Å². The Labute approximate surface area is 132 Å². The Morgan fingerprint density at radius 3 is 2.41 bits per heavy atom. The summed E-state index contributed by atoms with van der Waals surface area (Å²) in [4.78, 5) is 0. The molecule has 1 aromatic carbocycles. The van der Waals surface area contributed by atoms with Crippen molar-refractivity contribution in [2.24, 2.45) is 0 Å². The molecule has 22 heavy (non-hydrogen) atoms. The average Bonchev–Trinajstić information content (AvgIpc) is 2.54. The topological polar surface area (TPSA) is 21.5 Å². The highest BCUT2D eigenvalue weighted by Crippen LogP contribution is 2.41. The lowest BCUT2D eigenvalue weighted by Gasteiger charge is -2.41. The van der Waals surface area contributed by atoms with Crippen molar-refractivity contribution >= 4 is 12.0 Å². The minimum absolute atomic E-state index is 0.482. The molecule has 1 saturated carbocycles. The normalized spacial score (nSPS) is 21.7. The molecule has 1 fully saturated rings. The Hall–Kier alpha value is -2.03. The predicted molar refractivity (Wildman–Crippen MR) is 88.7 cm³/mol. The highest BCUT2D eigenvalue weighted by Gasteiger charge is 2.40. The first kappa shape index (κ1) is 14.9. The van der Waals surface area contributed by atoms with Crippen molar-refractivity contribution in [1.29, 1.82) is 0 Å². The number of nitrogens with zero attached hydrogens (tertiary/aromatic N) is 1. The molecule has 0 unspecified atom stereocenters. The number of allylic oxidation sites excluding steroid dienone is 2. The van der Waals surface area contributed by atoms with Crippen LogP contribution in [0.1, 0.15) is 37.7 Å². The summed E-state index contributed by atoms with van der Waals surface area (Å²) < 4.78 is 14.5. The van der Waals surface area contributed by atoms with Gasteiger partial charge in [0.1, 0.15) is 25.6 Å². The summed E-state index contributed by atoms with van der Waals surface area (Å²) in [5, 5.41) is 0. The van der Waals surface area contributed by atoms with Crippen LogP contribution in [0.5, 0.6) is 0 Å². The van der Waals surface area contributed by atoms with Crippen LogP contribution < -0.4 is 0 Å². The van der Waals surface area contributed by atoms with Crippen LogP contribution in [0.25, 0.3) is 5.76 Å². The zero-order chi connectivity index (χ0) is 15.4. The van der Waals surface area contributed by atoms with Crippen molar-refractivity contribution in [1.82, 2.24) is 0 Å². The van der Waals surface area contributed by atoms with Gasteiger partial charge in [-0.1, -0.05) is 36.8 Å². The standard InChI is InChI=1S/C19H24NO2/c1-20(2)14-11-17-15-18(16-9-5-3-6-10-16)22-19(21-17)12-7-4-8-13-19/h3,5-6,9-11,14-15H,4,7-8,12-13H2,1-2H3/q+1/b17-11+. The molecule has 1 aliphatic heterocycles. The lowest BCUT2D eigenvalue weighted by atomic mass is 9.93. The Morgan fingerprint density at radius 1 is 1.00 bits per heavy atom. The van der Waals surface area contributed by atoms with Crippen LogP contribution in [0, 0.1) is 0 Å². The Bertz CT molecular complexity index is 604. The van der Waals surface area contributed by atoms with E-state index in [1.54, 1.807) is 0 Å². The van der Waals surface area contributed by atoms with Gasteiger partial charge in [0.25, 0.3) is 5.79 Å². The highest BCUT2D eigenvalue weighted by atomic mass is 16.7. The number of hydrogen-bond acceptors (Lipinski definition) is 2. The van der Waals surface area contributed by atoms with E-state index in [0.29, 0.717) is 0 Å². The van der Waals surface area contributed by atoms with Crippen molar-refractivity contribution in [3.05, 3.63) is 53.8 Å². The molecule has 116 valence electrons. The van der Waals surface area contributed by atoms with Crippen LogP contribution in [0.4, 0.5) is 0 Å². The van der Waals surface area contributed by atoms with Crippen LogP contribution >= 0.6 is 0 Å². The van der Waals surface area contributed by atoms with Crippen LogP contribution in [0.15, 0.2) is 48.2 Å². The molecule has 2 aliphatic rings. The summed E-state index contributed by atoms with van der Waals surface area (Å²) in [5.41, 5.74) is 1.10. The molecule has 1 aromatic rings. The van der Waals surface area contributed by atoms with Crippen LogP contribution in [0.2, 0.25) is 0 Å². The van der Waals surface area contributed by atoms with Gasteiger partial charge in [-0.25, -0.2) is 4.58 Å². The maximum Gasteiger partial charge on any atom is 0.251 e. The summed E-state index contributed by atoms with van der Waals surface area (Å²) in [6.45, 7) is 0. The Kier molecular flexibility index (Phi) is 4.32. The van der Waals surface area contributed by atoms with E-state index in [0.717, 1.165) is 42.8 Å². The zero-order valence-electron chi connectivity index (χ0n) is 13.4. The zero-order valence-corrected chi connectivity index (χ0v) is 13.4. The number of benzene rings is 1. The number of hydrogen-bond donors (Lipinski definition) is 0. The molecule has 3 heteroatoms. The smallest absolute Gasteiger partial charge is 0.251 e. The van der Waals surface area contributed by atoms with E-state index < -0.39 is 5.79 Å². The van der Waals surface area contributed by atoms with Gasteiger partial charge in [0.2, 0.25) is 0 Å². The van der Waals surface area contributed by atoms with Gasteiger partial charge in [-0.2, -0.15) is 0 Å². The van der Waals surface area contributed by atoms with Crippen molar-refractivity contribution in [2.45, 2.75) is 37.9 Å². The molecular formula is C19H24NO2+. The second-order valence-corrected chi connectivity index (χ2v) is 6.23. The molecule has 0 aromatic heterocycles. The van der Waals surface area contributed by atoms with Crippen molar-refractivity contribution in [3.63, 3.8) is 0 Å². The summed E-state index contributed by atoms with van der Waals surface area (Å²) in [5.74, 6) is 1.30. The first-order valence-corrected chi connectivity index (χ1v) is 8.04. The fourth-order valence-corrected chi connectivity index (χ4v) is 2.97. The summed E-state index contributed by atoms with van der Waals surface area (Å²) >= 11 is 0. The van der Waals surface area contributed by atoms with Crippen molar-refractivity contribution in [2.75, 3.05) is 14.1 Å². The quantitative estimate of drug-likeness (QED) is 0.609. The van der Waals surface area contributed by atoms with E-state index in [9.17, 15) is 0 Å². The van der Waals surface area contributed by atoms with Crippen LogP contribution in [-0.2, 0) is 9.47 Å². The fraction of sp³-hybridized carbons (Fsp3) is 0.421. The van der Waals surface area contributed by atoms with Gasteiger partial charge < -0.3 is 9.47 Å². The maximum atomic E-state index is 6.31. The lowest BCUT2D eigenvalue weighted by Crippen LogP contribution is -2.39. The van der Waals surface area contributed by atoms with Gasteiger partial charge >= 0.3 is 0 Å². The molecule has 3 nitrogen and oxygen atoms in total. The predicted octanol–water partition coefficient (Wildman–Crippen LogP) is 3.96. The molecule has 0 bridgehead atoms. The third-order valence-electron chi connectivity index (χ3n) is 4.08. The summed E-state index contributed by atoms with van der Waals surface area (Å²) in [6.07, 6.45) is 11.5.